The van der Waals surface area contributed by atoms with Crippen LogP contribution in [0.1, 0.15) is 37.0 Å². The number of tetrazole rings is 1. The first-order valence-electron chi connectivity index (χ1n) is 6.89. The lowest BCUT2D eigenvalue weighted by Crippen LogP contribution is -2.32. The third-order valence-electron chi connectivity index (χ3n) is 2.98. The summed E-state index contributed by atoms with van der Waals surface area (Å²) in [6, 6.07) is 7.36. The summed E-state index contributed by atoms with van der Waals surface area (Å²) in [7, 11) is 0. The molecular weight excluding hydrogens is 254 g/mol. The second-order valence-electron chi connectivity index (χ2n) is 4.60. The number of hydrogen-bond acceptors (Lipinski definition) is 4. The SMILES string of the molecule is CCCN(CCC)C(=O)c1cccc(-n2cnnn2)c1. The lowest BCUT2D eigenvalue weighted by molar-refractivity contribution is 0.0755. The van der Waals surface area contributed by atoms with Crippen molar-refractivity contribution in [2.45, 2.75) is 26.7 Å². The highest BCUT2D eigenvalue weighted by Crippen LogP contribution is 2.12. The topological polar surface area (TPSA) is 63.9 Å². The first-order valence-corrected chi connectivity index (χ1v) is 6.89. The number of amides is 1. The molecule has 1 amide bonds. The van der Waals surface area contributed by atoms with Crippen LogP contribution in [0.2, 0.25) is 0 Å². The molecule has 6 heteroatoms. The first kappa shape index (κ1) is 14.2. The molecule has 0 aliphatic heterocycles. The van der Waals surface area contributed by atoms with Crippen molar-refractivity contribution in [3.05, 3.63) is 36.2 Å². The predicted molar refractivity (Wildman–Crippen MR) is 75.6 cm³/mol. The molecule has 2 aromatic rings. The van der Waals surface area contributed by atoms with E-state index < -0.39 is 0 Å². The Hall–Kier alpha value is -2.24. The van der Waals surface area contributed by atoms with E-state index in [4.69, 9.17) is 0 Å². The lowest BCUT2D eigenvalue weighted by Gasteiger charge is -2.21. The predicted octanol–water partition coefficient (Wildman–Crippen LogP) is 1.92. The molecule has 0 radical (unpaired) electrons. The third kappa shape index (κ3) is 3.20. The molecule has 0 atom stereocenters. The molecular formula is C14H19N5O. The Morgan fingerprint density at radius 2 is 2.00 bits per heavy atom. The van der Waals surface area contributed by atoms with Crippen LogP contribution in [0.15, 0.2) is 30.6 Å². The Morgan fingerprint density at radius 1 is 1.25 bits per heavy atom. The van der Waals surface area contributed by atoms with Crippen LogP contribution >= 0.6 is 0 Å². The van der Waals surface area contributed by atoms with Crippen molar-refractivity contribution in [2.75, 3.05) is 13.1 Å². The largest absolute Gasteiger partial charge is 0.339 e. The molecule has 0 N–H and O–H groups in total. The van der Waals surface area contributed by atoms with Gasteiger partial charge in [-0.1, -0.05) is 19.9 Å². The monoisotopic (exact) mass is 273 g/mol. The summed E-state index contributed by atoms with van der Waals surface area (Å²) in [6.45, 7) is 5.71. The van der Waals surface area contributed by atoms with Gasteiger partial charge in [0.05, 0.1) is 5.69 Å². The van der Waals surface area contributed by atoms with Gasteiger partial charge in [0.25, 0.3) is 5.91 Å². The van der Waals surface area contributed by atoms with E-state index in [-0.39, 0.29) is 5.91 Å². The molecule has 20 heavy (non-hydrogen) atoms. The maximum Gasteiger partial charge on any atom is 0.253 e. The third-order valence-corrected chi connectivity index (χ3v) is 2.98. The maximum atomic E-state index is 12.5. The van der Waals surface area contributed by atoms with E-state index in [1.165, 1.54) is 6.33 Å². The van der Waals surface area contributed by atoms with E-state index in [1.807, 2.05) is 29.2 Å². The Kier molecular flexibility index (Phi) is 4.81. The number of carbonyl (C=O) groups is 1. The van der Waals surface area contributed by atoms with Gasteiger partial charge in [-0.25, -0.2) is 4.68 Å². The molecule has 0 saturated carbocycles. The average molecular weight is 273 g/mol. The Balaban J connectivity index is 2.23. The van der Waals surface area contributed by atoms with E-state index in [0.717, 1.165) is 31.6 Å². The fourth-order valence-electron chi connectivity index (χ4n) is 2.10. The highest BCUT2D eigenvalue weighted by molar-refractivity contribution is 5.94. The normalized spacial score (nSPS) is 10.5. The highest BCUT2D eigenvalue weighted by atomic mass is 16.2. The van der Waals surface area contributed by atoms with Crippen LogP contribution in [-0.2, 0) is 0 Å². The van der Waals surface area contributed by atoms with Crippen molar-refractivity contribution >= 4 is 5.91 Å². The average Bonchev–Trinajstić information content (AvgIpc) is 3.01. The van der Waals surface area contributed by atoms with Crippen molar-refractivity contribution in [2.24, 2.45) is 0 Å². The summed E-state index contributed by atoms with van der Waals surface area (Å²) >= 11 is 0. The summed E-state index contributed by atoms with van der Waals surface area (Å²) < 4.78 is 1.54. The van der Waals surface area contributed by atoms with Gasteiger partial charge in [0.2, 0.25) is 0 Å². The number of rotatable bonds is 6. The van der Waals surface area contributed by atoms with Crippen LogP contribution in [0.3, 0.4) is 0 Å². The van der Waals surface area contributed by atoms with Crippen molar-refractivity contribution in [3.8, 4) is 5.69 Å². The van der Waals surface area contributed by atoms with Gasteiger partial charge >= 0.3 is 0 Å². The molecule has 1 heterocycles. The van der Waals surface area contributed by atoms with Gasteiger partial charge < -0.3 is 4.90 Å². The zero-order valence-corrected chi connectivity index (χ0v) is 11.9. The minimum atomic E-state index is 0.0589. The van der Waals surface area contributed by atoms with Gasteiger partial charge in [-0.15, -0.1) is 5.10 Å². The molecule has 1 aromatic heterocycles. The van der Waals surface area contributed by atoms with E-state index in [2.05, 4.69) is 29.4 Å². The molecule has 0 aliphatic rings. The van der Waals surface area contributed by atoms with E-state index >= 15 is 0 Å². The number of nitrogens with zero attached hydrogens (tertiary/aromatic N) is 5. The molecule has 0 fully saturated rings. The van der Waals surface area contributed by atoms with Crippen LogP contribution in [0.25, 0.3) is 5.69 Å². The molecule has 0 saturated heterocycles. The quantitative estimate of drug-likeness (QED) is 0.806. The van der Waals surface area contributed by atoms with Gasteiger partial charge in [0.1, 0.15) is 6.33 Å². The molecule has 0 spiro atoms. The molecule has 0 aliphatic carbocycles. The minimum absolute atomic E-state index is 0.0589. The number of carbonyl (C=O) groups excluding carboxylic acids is 1. The summed E-state index contributed by atoms with van der Waals surface area (Å²) in [5.74, 6) is 0.0589. The number of hydrogen-bond donors (Lipinski definition) is 0. The van der Waals surface area contributed by atoms with E-state index in [1.54, 1.807) is 4.68 Å². The number of aromatic nitrogens is 4. The second kappa shape index (κ2) is 6.79. The molecule has 2 rings (SSSR count). The molecule has 6 nitrogen and oxygen atoms in total. The van der Waals surface area contributed by atoms with E-state index in [0.29, 0.717) is 5.56 Å². The van der Waals surface area contributed by atoms with Gasteiger partial charge in [0.15, 0.2) is 0 Å². The lowest BCUT2D eigenvalue weighted by atomic mass is 10.1. The van der Waals surface area contributed by atoms with Gasteiger partial charge in [0, 0.05) is 18.7 Å². The Labute approximate surface area is 118 Å². The van der Waals surface area contributed by atoms with E-state index in [9.17, 15) is 4.79 Å². The standard InChI is InChI=1S/C14H19N5O/c1-3-8-18(9-4-2)14(20)12-6-5-7-13(10-12)19-11-15-16-17-19/h5-7,10-11H,3-4,8-9H2,1-2H3. The maximum absolute atomic E-state index is 12.5. The summed E-state index contributed by atoms with van der Waals surface area (Å²) in [5.41, 5.74) is 1.45. The number of benzene rings is 1. The fraction of sp³-hybridized carbons (Fsp3) is 0.429. The van der Waals surface area contributed by atoms with Crippen LogP contribution < -0.4 is 0 Å². The van der Waals surface area contributed by atoms with Crippen LogP contribution in [0.5, 0.6) is 0 Å². The Morgan fingerprint density at radius 3 is 2.60 bits per heavy atom. The second-order valence-corrected chi connectivity index (χ2v) is 4.60. The zero-order valence-electron chi connectivity index (χ0n) is 11.9. The molecule has 0 unspecified atom stereocenters. The van der Waals surface area contributed by atoms with Crippen molar-refractivity contribution < 1.29 is 4.79 Å². The fourth-order valence-corrected chi connectivity index (χ4v) is 2.10. The highest BCUT2D eigenvalue weighted by Gasteiger charge is 2.14. The zero-order chi connectivity index (χ0) is 14.4. The summed E-state index contributed by atoms with van der Waals surface area (Å²) in [4.78, 5) is 14.4. The van der Waals surface area contributed by atoms with Gasteiger partial charge in [-0.2, -0.15) is 0 Å². The first-order chi connectivity index (χ1) is 9.76. The van der Waals surface area contributed by atoms with Gasteiger partial charge in [-0.05, 0) is 41.5 Å². The van der Waals surface area contributed by atoms with Crippen molar-refractivity contribution in [3.63, 3.8) is 0 Å². The molecule has 0 bridgehead atoms. The van der Waals surface area contributed by atoms with Crippen molar-refractivity contribution in [1.29, 1.82) is 0 Å². The summed E-state index contributed by atoms with van der Waals surface area (Å²) in [5, 5.41) is 11.0. The molecule has 1 aromatic carbocycles. The minimum Gasteiger partial charge on any atom is -0.339 e. The van der Waals surface area contributed by atoms with Crippen LogP contribution in [0.4, 0.5) is 0 Å². The summed E-state index contributed by atoms with van der Waals surface area (Å²) in [6.07, 6.45) is 3.43. The van der Waals surface area contributed by atoms with Crippen molar-refractivity contribution in [1.82, 2.24) is 25.1 Å². The molecule has 106 valence electrons. The van der Waals surface area contributed by atoms with Crippen LogP contribution in [-0.4, -0.2) is 44.1 Å². The van der Waals surface area contributed by atoms with Gasteiger partial charge in [-0.3, -0.25) is 4.79 Å². The smallest absolute Gasteiger partial charge is 0.253 e. The Bertz CT molecular complexity index is 546. The van der Waals surface area contributed by atoms with Crippen LogP contribution in [0, 0.1) is 0 Å².